The Hall–Kier alpha value is -2.21. The van der Waals surface area contributed by atoms with E-state index in [1.165, 1.54) is 28.9 Å². The lowest BCUT2D eigenvalue weighted by Gasteiger charge is -2.23. The molecule has 1 aromatic carbocycles. The van der Waals surface area contributed by atoms with E-state index in [1.807, 2.05) is 6.92 Å². The Morgan fingerprint density at radius 2 is 2.12 bits per heavy atom. The summed E-state index contributed by atoms with van der Waals surface area (Å²) >= 11 is 6.10. The molecule has 1 heterocycles. The molecule has 0 bridgehead atoms. The Labute approximate surface area is 150 Å². The van der Waals surface area contributed by atoms with Crippen molar-refractivity contribution in [2.24, 2.45) is 0 Å². The number of benzene rings is 1. The third kappa shape index (κ3) is 3.90. The first-order chi connectivity index (χ1) is 12.0. The summed E-state index contributed by atoms with van der Waals surface area (Å²) in [6.45, 7) is 2.46. The first kappa shape index (κ1) is 17.6. The van der Waals surface area contributed by atoms with Crippen LogP contribution in [-0.4, -0.2) is 26.6 Å². The highest BCUT2D eigenvalue weighted by Gasteiger charge is 2.34. The summed E-state index contributed by atoms with van der Waals surface area (Å²) < 4.78 is 15.4. The maximum atomic E-state index is 14.1. The number of carbonyl (C=O) groups is 1. The predicted molar refractivity (Wildman–Crippen MR) is 93.1 cm³/mol. The van der Waals surface area contributed by atoms with Gasteiger partial charge in [-0.2, -0.15) is 5.10 Å². The summed E-state index contributed by atoms with van der Waals surface area (Å²) in [7, 11) is 0. The molecule has 0 aliphatic heterocycles. The normalized spacial score (nSPS) is 13.7. The van der Waals surface area contributed by atoms with Crippen molar-refractivity contribution in [3.8, 4) is 0 Å². The molecule has 3 rings (SSSR count). The van der Waals surface area contributed by atoms with Gasteiger partial charge >= 0.3 is 0 Å². The van der Waals surface area contributed by atoms with E-state index in [2.05, 4.69) is 5.10 Å². The van der Waals surface area contributed by atoms with Gasteiger partial charge in [0, 0.05) is 29.2 Å². The first-order valence-electron chi connectivity index (χ1n) is 8.33. The van der Waals surface area contributed by atoms with Crippen LogP contribution in [0.5, 0.6) is 0 Å². The number of carbonyl (C=O) groups excluding carboxylic acids is 1. The lowest BCUT2D eigenvalue weighted by Crippen LogP contribution is -2.35. The first-order valence-corrected chi connectivity index (χ1v) is 8.71. The highest BCUT2D eigenvalue weighted by Crippen LogP contribution is 2.31. The molecule has 1 aliphatic carbocycles. The average molecular weight is 364 g/mol. The van der Waals surface area contributed by atoms with E-state index in [4.69, 9.17) is 11.6 Å². The number of amides is 1. The molecule has 1 amide bonds. The fourth-order valence-corrected chi connectivity index (χ4v) is 2.91. The van der Waals surface area contributed by atoms with Crippen LogP contribution in [0.4, 0.5) is 4.39 Å². The predicted octanol–water partition coefficient (Wildman–Crippen LogP) is 3.25. The molecule has 25 heavy (non-hydrogen) atoms. The number of rotatable bonds is 6. The second-order valence-electron chi connectivity index (χ2n) is 6.14. The van der Waals surface area contributed by atoms with Gasteiger partial charge in [0.25, 0.3) is 11.5 Å². The zero-order valence-corrected chi connectivity index (χ0v) is 14.7. The van der Waals surface area contributed by atoms with Gasteiger partial charge in [-0.25, -0.2) is 9.07 Å². The minimum atomic E-state index is -0.435. The molecule has 0 atom stereocenters. The van der Waals surface area contributed by atoms with Crippen molar-refractivity contribution in [1.29, 1.82) is 0 Å². The van der Waals surface area contributed by atoms with Crippen molar-refractivity contribution >= 4 is 17.5 Å². The number of hydrogen-bond acceptors (Lipinski definition) is 3. The number of aromatic nitrogens is 2. The third-order valence-corrected chi connectivity index (χ3v) is 4.51. The van der Waals surface area contributed by atoms with Crippen LogP contribution in [0.25, 0.3) is 0 Å². The molecule has 0 radical (unpaired) electrons. The van der Waals surface area contributed by atoms with E-state index in [9.17, 15) is 14.0 Å². The standard InChI is InChI=1S/C18H19ClFN3O2/c1-2-10-23-17(24)9-8-16(21-23)18(25)22(12-6-7-12)11-13-14(19)4-3-5-15(13)20/h3-5,8-9,12H,2,6-7,10-11H2,1H3. The number of nitrogens with zero attached hydrogens (tertiary/aromatic N) is 3. The monoisotopic (exact) mass is 363 g/mol. The zero-order valence-electron chi connectivity index (χ0n) is 13.9. The van der Waals surface area contributed by atoms with Crippen molar-refractivity contribution in [2.75, 3.05) is 0 Å². The maximum absolute atomic E-state index is 14.1. The van der Waals surface area contributed by atoms with Gasteiger partial charge in [0.15, 0.2) is 0 Å². The lowest BCUT2D eigenvalue weighted by atomic mass is 10.2. The maximum Gasteiger partial charge on any atom is 0.274 e. The van der Waals surface area contributed by atoms with E-state index >= 15 is 0 Å². The largest absolute Gasteiger partial charge is 0.330 e. The van der Waals surface area contributed by atoms with Crippen LogP contribution in [0.2, 0.25) is 5.02 Å². The minimum Gasteiger partial charge on any atom is -0.330 e. The van der Waals surface area contributed by atoms with Crippen molar-refractivity contribution in [2.45, 2.75) is 45.3 Å². The molecule has 1 aromatic heterocycles. The zero-order chi connectivity index (χ0) is 18.0. The van der Waals surface area contributed by atoms with Gasteiger partial charge in [0.05, 0.1) is 6.54 Å². The van der Waals surface area contributed by atoms with Gasteiger partial charge in [0.2, 0.25) is 0 Å². The van der Waals surface area contributed by atoms with Crippen molar-refractivity contribution < 1.29 is 9.18 Å². The van der Waals surface area contributed by atoms with Gasteiger partial charge in [-0.1, -0.05) is 24.6 Å². The van der Waals surface area contributed by atoms with E-state index in [1.54, 1.807) is 11.0 Å². The molecular formula is C18H19ClFN3O2. The number of halogens is 2. The Morgan fingerprint density at radius 1 is 1.36 bits per heavy atom. The fourth-order valence-electron chi connectivity index (χ4n) is 2.69. The number of aryl methyl sites for hydroxylation is 1. The Morgan fingerprint density at radius 3 is 2.76 bits per heavy atom. The fraction of sp³-hybridized carbons (Fsp3) is 0.389. The summed E-state index contributed by atoms with van der Waals surface area (Å²) in [6.07, 6.45) is 2.47. The van der Waals surface area contributed by atoms with Crippen LogP contribution in [-0.2, 0) is 13.1 Å². The Kier molecular flexibility index (Phi) is 5.18. The highest BCUT2D eigenvalue weighted by atomic mass is 35.5. The Balaban J connectivity index is 1.90. The van der Waals surface area contributed by atoms with Crippen LogP contribution >= 0.6 is 11.6 Å². The summed E-state index contributed by atoms with van der Waals surface area (Å²) in [5, 5.41) is 4.46. The SMILES string of the molecule is CCCn1nc(C(=O)N(Cc2c(F)cccc2Cl)C2CC2)ccc1=O. The van der Waals surface area contributed by atoms with Crippen molar-refractivity contribution in [3.05, 3.63) is 62.8 Å². The summed E-state index contributed by atoms with van der Waals surface area (Å²) in [5.41, 5.74) is 0.243. The van der Waals surface area contributed by atoms with Crippen molar-refractivity contribution in [1.82, 2.24) is 14.7 Å². The summed E-state index contributed by atoms with van der Waals surface area (Å²) in [6, 6.07) is 7.29. The molecule has 7 heteroatoms. The van der Waals surface area contributed by atoms with Gasteiger partial charge in [-0.05, 0) is 37.5 Å². The average Bonchev–Trinajstić information content (AvgIpc) is 3.41. The Bertz CT molecular complexity index is 828. The number of hydrogen-bond donors (Lipinski definition) is 0. The van der Waals surface area contributed by atoms with Gasteiger partial charge in [-0.15, -0.1) is 0 Å². The van der Waals surface area contributed by atoms with Gasteiger partial charge in [0.1, 0.15) is 11.5 Å². The topological polar surface area (TPSA) is 55.2 Å². The van der Waals surface area contributed by atoms with Gasteiger partial charge < -0.3 is 4.90 Å². The molecule has 2 aromatic rings. The minimum absolute atomic E-state index is 0.0523. The van der Waals surface area contributed by atoms with Crippen LogP contribution in [0.3, 0.4) is 0 Å². The molecule has 0 N–H and O–H groups in total. The smallest absolute Gasteiger partial charge is 0.274 e. The molecule has 0 unspecified atom stereocenters. The lowest BCUT2D eigenvalue weighted by molar-refractivity contribution is 0.0719. The molecule has 1 fully saturated rings. The van der Waals surface area contributed by atoms with Crippen molar-refractivity contribution in [3.63, 3.8) is 0 Å². The molecular weight excluding hydrogens is 345 g/mol. The molecule has 1 saturated carbocycles. The van der Waals surface area contributed by atoms with E-state index < -0.39 is 5.82 Å². The quantitative estimate of drug-likeness (QED) is 0.791. The van der Waals surface area contributed by atoms with Crippen LogP contribution in [0.15, 0.2) is 35.1 Å². The second-order valence-corrected chi connectivity index (χ2v) is 6.55. The molecule has 0 spiro atoms. The van der Waals surface area contributed by atoms with E-state index in [0.29, 0.717) is 17.1 Å². The summed E-state index contributed by atoms with van der Waals surface area (Å²) in [5.74, 6) is -0.749. The molecule has 132 valence electrons. The molecule has 0 saturated heterocycles. The van der Waals surface area contributed by atoms with E-state index in [-0.39, 0.29) is 29.7 Å². The van der Waals surface area contributed by atoms with E-state index in [0.717, 1.165) is 19.3 Å². The highest BCUT2D eigenvalue weighted by molar-refractivity contribution is 6.31. The van der Waals surface area contributed by atoms with Gasteiger partial charge in [-0.3, -0.25) is 9.59 Å². The molecule has 5 nitrogen and oxygen atoms in total. The second kappa shape index (κ2) is 7.35. The molecule has 1 aliphatic rings. The summed E-state index contributed by atoms with van der Waals surface area (Å²) in [4.78, 5) is 26.3. The van der Waals surface area contributed by atoms with Crippen LogP contribution in [0, 0.1) is 5.82 Å². The third-order valence-electron chi connectivity index (χ3n) is 4.16. The van der Waals surface area contributed by atoms with Crippen LogP contribution < -0.4 is 5.56 Å². The van der Waals surface area contributed by atoms with Crippen LogP contribution in [0.1, 0.15) is 42.2 Å².